The lowest BCUT2D eigenvalue weighted by Crippen LogP contribution is -2.32. The molecule has 1 atom stereocenters. The Hall–Kier alpha value is -2.66. The predicted octanol–water partition coefficient (Wildman–Crippen LogP) is 3.20. The highest BCUT2D eigenvalue weighted by Gasteiger charge is 2.61. The molecule has 0 radical (unpaired) electrons. The largest absolute Gasteiger partial charge is 0.504 e. The van der Waals surface area contributed by atoms with E-state index in [0.717, 1.165) is 13.0 Å². The fourth-order valence-corrected chi connectivity index (χ4v) is 4.35. The number of fused-ring (bicyclic) bond motifs is 1. The van der Waals surface area contributed by atoms with E-state index in [4.69, 9.17) is 0 Å². The molecule has 0 aliphatic heterocycles. The first-order valence-corrected chi connectivity index (χ1v) is 9.27. The topological polar surface area (TPSA) is 57.8 Å². The van der Waals surface area contributed by atoms with Gasteiger partial charge in [0.05, 0.1) is 5.69 Å². The zero-order chi connectivity index (χ0) is 19.2. The normalized spacial score (nSPS) is 20.9. The summed E-state index contributed by atoms with van der Waals surface area (Å²) >= 11 is 0. The number of hydrogen-bond donors (Lipinski definition) is 1. The first-order valence-electron chi connectivity index (χ1n) is 9.27. The van der Waals surface area contributed by atoms with Gasteiger partial charge in [-0.3, -0.25) is 14.1 Å². The maximum atomic E-state index is 12.3. The molecule has 27 heavy (non-hydrogen) atoms. The molecule has 1 fully saturated rings. The van der Waals surface area contributed by atoms with Gasteiger partial charge in [0, 0.05) is 30.8 Å². The van der Waals surface area contributed by atoms with Gasteiger partial charge in [-0.25, -0.2) is 4.98 Å². The highest BCUT2D eigenvalue weighted by Crippen LogP contribution is 2.64. The molecule has 1 aliphatic carbocycles. The summed E-state index contributed by atoms with van der Waals surface area (Å²) in [5, 5.41) is 10.0. The number of likely N-dealkylation sites (N-methyl/N-ethyl adjacent to an activating group) is 1. The van der Waals surface area contributed by atoms with E-state index >= 15 is 0 Å². The molecule has 2 heterocycles. The molecule has 1 aromatic carbocycles. The summed E-state index contributed by atoms with van der Waals surface area (Å²) in [6.45, 7) is 6.08. The lowest BCUT2D eigenvalue weighted by Gasteiger charge is -2.27. The maximum Gasteiger partial charge on any atom is 0.258 e. The Kier molecular flexibility index (Phi) is 4.07. The van der Waals surface area contributed by atoms with Crippen LogP contribution in [0.15, 0.2) is 59.5 Å². The van der Waals surface area contributed by atoms with Crippen molar-refractivity contribution in [3.05, 3.63) is 76.3 Å². The number of aromatic hydroxyl groups is 1. The zero-order valence-corrected chi connectivity index (χ0v) is 16.0. The first-order chi connectivity index (χ1) is 12.8. The highest BCUT2D eigenvalue weighted by atomic mass is 16.3. The Labute approximate surface area is 158 Å². The fourth-order valence-electron chi connectivity index (χ4n) is 4.35. The van der Waals surface area contributed by atoms with Crippen LogP contribution in [0, 0.1) is 5.41 Å². The summed E-state index contributed by atoms with van der Waals surface area (Å²) in [6.07, 6.45) is 2.76. The van der Waals surface area contributed by atoms with E-state index in [0.29, 0.717) is 17.9 Å². The van der Waals surface area contributed by atoms with Crippen LogP contribution in [0.5, 0.6) is 5.75 Å². The van der Waals surface area contributed by atoms with Crippen molar-refractivity contribution in [1.82, 2.24) is 14.3 Å². The van der Waals surface area contributed by atoms with Crippen LogP contribution in [0.3, 0.4) is 0 Å². The van der Waals surface area contributed by atoms with Gasteiger partial charge in [0.25, 0.3) is 5.56 Å². The summed E-state index contributed by atoms with van der Waals surface area (Å²) in [4.78, 5) is 19.1. The first kappa shape index (κ1) is 17.7. The molecular weight excluding hydrogens is 338 g/mol. The van der Waals surface area contributed by atoms with Gasteiger partial charge in [0.15, 0.2) is 11.4 Å². The standard InChI is InChI=1S/C22H25N3O2/c1-21(2)14-22(21,16-8-5-4-6-9-16)15-24(3)13-17-12-19(27)25-11-7-10-18(26)20(25)23-17/h4-12,26H,13-15H2,1-3H3/t22-/m1/s1. The van der Waals surface area contributed by atoms with Crippen molar-refractivity contribution in [2.24, 2.45) is 5.41 Å². The molecule has 0 saturated heterocycles. The molecule has 140 valence electrons. The minimum atomic E-state index is -0.177. The van der Waals surface area contributed by atoms with Crippen molar-refractivity contribution < 1.29 is 5.11 Å². The molecule has 5 heteroatoms. The van der Waals surface area contributed by atoms with E-state index in [2.05, 4.69) is 61.1 Å². The monoisotopic (exact) mass is 363 g/mol. The van der Waals surface area contributed by atoms with E-state index in [-0.39, 0.29) is 22.1 Å². The fraction of sp³-hybridized carbons (Fsp3) is 0.364. The molecule has 4 rings (SSSR count). The molecule has 1 saturated carbocycles. The van der Waals surface area contributed by atoms with Gasteiger partial charge in [0.1, 0.15) is 0 Å². The van der Waals surface area contributed by atoms with Crippen LogP contribution in [-0.2, 0) is 12.0 Å². The lowest BCUT2D eigenvalue weighted by molar-refractivity contribution is 0.268. The third kappa shape index (κ3) is 3.02. The number of pyridine rings is 1. The Morgan fingerprint density at radius 2 is 1.89 bits per heavy atom. The van der Waals surface area contributed by atoms with Gasteiger partial charge in [-0.05, 0) is 36.6 Å². The second-order valence-electron chi connectivity index (χ2n) is 8.35. The minimum Gasteiger partial charge on any atom is -0.504 e. The van der Waals surface area contributed by atoms with Crippen LogP contribution in [0.1, 0.15) is 31.5 Å². The van der Waals surface area contributed by atoms with E-state index in [1.807, 2.05) is 0 Å². The molecule has 3 aromatic rings. The lowest BCUT2D eigenvalue weighted by atomic mass is 9.87. The summed E-state index contributed by atoms with van der Waals surface area (Å²) in [5.74, 6) is 0.0168. The van der Waals surface area contributed by atoms with Gasteiger partial charge in [0.2, 0.25) is 0 Å². The molecule has 0 unspecified atom stereocenters. The van der Waals surface area contributed by atoms with Crippen LogP contribution in [0.4, 0.5) is 0 Å². The van der Waals surface area contributed by atoms with Crippen molar-refractivity contribution in [2.75, 3.05) is 13.6 Å². The second kappa shape index (κ2) is 6.20. The molecule has 2 aromatic heterocycles. The summed E-state index contributed by atoms with van der Waals surface area (Å²) < 4.78 is 1.37. The Morgan fingerprint density at radius 3 is 2.56 bits per heavy atom. The van der Waals surface area contributed by atoms with Crippen molar-refractivity contribution in [3.63, 3.8) is 0 Å². The van der Waals surface area contributed by atoms with Gasteiger partial charge in [-0.2, -0.15) is 0 Å². The molecule has 5 nitrogen and oxygen atoms in total. The zero-order valence-electron chi connectivity index (χ0n) is 16.0. The van der Waals surface area contributed by atoms with Gasteiger partial charge in [-0.15, -0.1) is 0 Å². The SMILES string of the molecule is CN(Cc1cc(=O)n2cccc(O)c2n1)C[C@@]1(c2ccccc2)CC1(C)C. The maximum absolute atomic E-state index is 12.3. The Bertz CT molecular complexity index is 1040. The van der Waals surface area contributed by atoms with Crippen molar-refractivity contribution in [1.29, 1.82) is 0 Å². The summed E-state index contributed by atoms with van der Waals surface area (Å²) in [7, 11) is 2.06. The molecule has 1 N–H and O–H groups in total. The summed E-state index contributed by atoms with van der Waals surface area (Å²) in [6, 6.07) is 15.4. The Balaban J connectivity index is 1.60. The molecule has 0 bridgehead atoms. The van der Waals surface area contributed by atoms with Crippen LogP contribution >= 0.6 is 0 Å². The Morgan fingerprint density at radius 1 is 1.19 bits per heavy atom. The molecule has 1 aliphatic rings. The average molecular weight is 363 g/mol. The van der Waals surface area contributed by atoms with E-state index < -0.39 is 0 Å². The van der Waals surface area contributed by atoms with Crippen LogP contribution in [-0.4, -0.2) is 33.0 Å². The molecular formula is C22H25N3O2. The molecule has 0 amide bonds. The van der Waals surface area contributed by atoms with E-state index in [1.165, 1.54) is 9.96 Å². The van der Waals surface area contributed by atoms with Crippen LogP contribution in [0.2, 0.25) is 0 Å². The molecule has 0 spiro atoms. The van der Waals surface area contributed by atoms with E-state index in [1.54, 1.807) is 24.4 Å². The number of rotatable bonds is 5. The third-order valence-corrected chi connectivity index (χ3v) is 5.94. The van der Waals surface area contributed by atoms with Crippen molar-refractivity contribution in [2.45, 2.75) is 32.2 Å². The number of aromatic nitrogens is 2. The quantitative estimate of drug-likeness (QED) is 0.756. The van der Waals surface area contributed by atoms with Gasteiger partial charge in [-0.1, -0.05) is 44.2 Å². The number of nitrogens with zero attached hydrogens (tertiary/aromatic N) is 3. The number of benzene rings is 1. The second-order valence-corrected chi connectivity index (χ2v) is 8.35. The predicted molar refractivity (Wildman–Crippen MR) is 106 cm³/mol. The van der Waals surface area contributed by atoms with Crippen LogP contribution in [0.25, 0.3) is 5.65 Å². The van der Waals surface area contributed by atoms with Crippen molar-refractivity contribution in [3.8, 4) is 5.75 Å². The third-order valence-electron chi connectivity index (χ3n) is 5.94. The van der Waals surface area contributed by atoms with E-state index in [9.17, 15) is 9.90 Å². The van der Waals surface area contributed by atoms with Gasteiger partial charge >= 0.3 is 0 Å². The average Bonchev–Trinajstić information content (AvgIpc) is 3.18. The highest BCUT2D eigenvalue weighted by molar-refractivity contribution is 5.52. The smallest absolute Gasteiger partial charge is 0.258 e. The van der Waals surface area contributed by atoms with Crippen molar-refractivity contribution >= 4 is 5.65 Å². The summed E-state index contributed by atoms with van der Waals surface area (Å²) in [5.41, 5.74) is 2.53. The van der Waals surface area contributed by atoms with Gasteiger partial charge < -0.3 is 5.11 Å². The van der Waals surface area contributed by atoms with Crippen LogP contribution < -0.4 is 5.56 Å². The minimum absolute atomic E-state index is 0.0168. The number of hydrogen-bond acceptors (Lipinski definition) is 4.